The summed E-state index contributed by atoms with van der Waals surface area (Å²) in [5.74, 6) is 1.16. The zero-order valence-corrected chi connectivity index (χ0v) is 10.0. The van der Waals surface area contributed by atoms with Crippen molar-refractivity contribution in [2.75, 3.05) is 12.5 Å². The molecular formula is C12H16ClNO2. The van der Waals surface area contributed by atoms with E-state index >= 15 is 0 Å². The fraction of sp³-hybridized carbons (Fsp3) is 0.417. The van der Waals surface area contributed by atoms with Gasteiger partial charge in [0.1, 0.15) is 5.75 Å². The van der Waals surface area contributed by atoms with Crippen molar-refractivity contribution < 1.29 is 9.53 Å². The topological polar surface area (TPSA) is 38.3 Å². The summed E-state index contributed by atoms with van der Waals surface area (Å²) in [6, 6.07) is 9.43. The first kappa shape index (κ1) is 12.8. The summed E-state index contributed by atoms with van der Waals surface area (Å²) in [4.78, 5) is 11.4. The summed E-state index contributed by atoms with van der Waals surface area (Å²) in [6.45, 7) is 2.24. The van der Waals surface area contributed by atoms with Gasteiger partial charge in [0.2, 0.25) is 5.91 Å². The minimum Gasteiger partial charge on any atom is -0.493 e. The van der Waals surface area contributed by atoms with E-state index in [1.807, 2.05) is 37.3 Å². The summed E-state index contributed by atoms with van der Waals surface area (Å²) in [5, 5.41) is 2.76. The molecule has 88 valence electrons. The van der Waals surface area contributed by atoms with Gasteiger partial charge in [0.25, 0.3) is 0 Å². The molecule has 0 bridgehead atoms. The van der Waals surface area contributed by atoms with Crippen LogP contribution in [0.25, 0.3) is 0 Å². The standard InChI is InChI=1S/C12H16ClNO2/c1-10(9-13)14-12(15)7-8-16-11-5-3-2-4-6-11/h2-6,10H,7-9H2,1H3,(H,14,15). The first-order valence-electron chi connectivity index (χ1n) is 5.25. The van der Waals surface area contributed by atoms with Gasteiger partial charge in [-0.2, -0.15) is 0 Å². The maximum atomic E-state index is 11.4. The van der Waals surface area contributed by atoms with Gasteiger partial charge in [-0.05, 0) is 19.1 Å². The highest BCUT2D eigenvalue weighted by atomic mass is 35.5. The number of para-hydroxylation sites is 1. The molecule has 1 amide bonds. The van der Waals surface area contributed by atoms with Crippen LogP contribution >= 0.6 is 11.6 Å². The second-order valence-corrected chi connectivity index (χ2v) is 3.84. The van der Waals surface area contributed by atoms with Gasteiger partial charge in [0.15, 0.2) is 0 Å². The molecule has 0 saturated carbocycles. The van der Waals surface area contributed by atoms with Gasteiger partial charge < -0.3 is 10.1 Å². The SMILES string of the molecule is CC(CCl)NC(=O)CCOc1ccccc1. The zero-order chi connectivity index (χ0) is 11.8. The van der Waals surface area contributed by atoms with E-state index in [0.717, 1.165) is 5.75 Å². The Morgan fingerprint density at radius 3 is 2.75 bits per heavy atom. The van der Waals surface area contributed by atoms with E-state index < -0.39 is 0 Å². The Hall–Kier alpha value is -1.22. The van der Waals surface area contributed by atoms with E-state index in [2.05, 4.69) is 5.32 Å². The molecule has 1 rings (SSSR count). The molecule has 16 heavy (non-hydrogen) atoms. The fourth-order valence-corrected chi connectivity index (χ4v) is 1.24. The van der Waals surface area contributed by atoms with Crippen LogP contribution in [0.3, 0.4) is 0 Å². The summed E-state index contributed by atoms with van der Waals surface area (Å²) in [5.41, 5.74) is 0. The number of rotatable bonds is 6. The predicted molar refractivity (Wildman–Crippen MR) is 64.9 cm³/mol. The molecule has 3 nitrogen and oxygen atoms in total. The van der Waals surface area contributed by atoms with Crippen LogP contribution in [-0.4, -0.2) is 24.4 Å². The number of carbonyl (C=O) groups excluding carboxylic acids is 1. The first-order valence-corrected chi connectivity index (χ1v) is 5.79. The molecule has 1 aromatic carbocycles. The van der Waals surface area contributed by atoms with Crippen LogP contribution < -0.4 is 10.1 Å². The average Bonchev–Trinajstić information content (AvgIpc) is 2.30. The van der Waals surface area contributed by atoms with E-state index in [1.165, 1.54) is 0 Å². The molecule has 0 saturated heterocycles. The molecular weight excluding hydrogens is 226 g/mol. The third kappa shape index (κ3) is 5.03. The Balaban J connectivity index is 2.18. The van der Waals surface area contributed by atoms with Gasteiger partial charge in [-0.1, -0.05) is 18.2 Å². The number of alkyl halides is 1. The monoisotopic (exact) mass is 241 g/mol. The van der Waals surface area contributed by atoms with Crippen molar-refractivity contribution in [2.45, 2.75) is 19.4 Å². The molecule has 1 aromatic rings. The highest BCUT2D eigenvalue weighted by Gasteiger charge is 2.05. The molecule has 0 aliphatic heterocycles. The smallest absolute Gasteiger partial charge is 0.223 e. The minimum atomic E-state index is -0.0379. The van der Waals surface area contributed by atoms with E-state index in [4.69, 9.17) is 16.3 Å². The third-order valence-electron chi connectivity index (χ3n) is 1.98. The van der Waals surface area contributed by atoms with Crippen LogP contribution in [0, 0.1) is 0 Å². The molecule has 0 heterocycles. The third-order valence-corrected chi connectivity index (χ3v) is 2.44. The van der Waals surface area contributed by atoms with Crippen molar-refractivity contribution in [2.24, 2.45) is 0 Å². The Bertz CT molecular complexity index is 316. The number of halogens is 1. The highest BCUT2D eigenvalue weighted by molar-refractivity contribution is 6.18. The number of amides is 1. The molecule has 1 unspecified atom stereocenters. The van der Waals surface area contributed by atoms with Crippen molar-refractivity contribution in [1.82, 2.24) is 5.32 Å². The fourth-order valence-electron chi connectivity index (χ4n) is 1.16. The van der Waals surface area contributed by atoms with Crippen molar-refractivity contribution >= 4 is 17.5 Å². The molecule has 1 N–H and O–H groups in total. The Kier molecular flexibility index (Phi) is 5.72. The maximum Gasteiger partial charge on any atom is 0.223 e. The first-order chi connectivity index (χ1) is 7.72. The van der Waals surface area contributed by atoms with Gasteiger partial charge in [-0.25, -0.2) is 0 Å². The van der Waals surface area contributed by atoms with E-state index in [1.54, 1.807) is 0 Å². The number of benzene rings is 1. The van der Waals surface area contributed by atoms with Crippen molar-refractivity contribution in [3.05, 3.63) is 30.3 Å². The second kappa shape index (κ2) is 7.12. The lowest BCUT2D eigenvalue weighted by Crippen LogP contribution is -2.34. The lowest BCUT2D eigenvalue weighted by molar-refractivity contribution is -0.122. The van der Waals surface area contributed by atoms with E-state index in [0.29, 0.717) is 18.9 Å². The van der Waals surface area contributed by atoms with Crippen LogP contribution in [0.5, 0.6) is 5.75 Å². The van der Waals surface area contributed by atoms with Gasteiger partial charge in [-0.3, -0.25) is 4.79 Å². The predicted octanol–water partition coefficient (Wildman–Crippen LogP) is 2.20. The highest BCUT2D eigenvalue weighted by Crippen LogP contribution is 2.08. The number of ether oxygens (including phenoxy) is 1. The zero-order valence-electron chi connectivity index (χ0n) is 9.28. The quantitative estimate of drug-likeness (QED) is 0.776. The van der Waals surface area contributed by atoms with Gasteiger partial charge in [0, 0.05) is 11.9 Å². The normalized spacial score (nSPS) is 11.9. The second-order valence-electron chi connectivity index (χ2n) is 3.53. The molecule has 0 fully saturated rings. The van der Waals surface area contributed by atoms with Gasteiger partial charge >= 0.3 is 0 Å². The molecule has 0 radical (unpaired) electrons. The Morgan fingerprint density at radius 1 is 1.44 bits per heavy atom. The molecule has 0 aromatic heterocycles. The van der Waals surface area contributed by atoms with Crippen LogP contribution in [0.4, 0.5) is 0 Å². The lowest BCUT2D eigenvalue weighted by atomic mass is 10.3. The van der Waals surface area contributed by atoms with Crippen molar-refractivity contribution in [3.8, 4) is 5.75 Å². The summed E-state index contributed by atoms with van der Waals surface area (Å²) < 4.78 is 5.40. The van der Waals surface area contributed by atoms with Crippen LogP contribution in [0.2, 0.25) is 0 Å². The molecule has 0 aliphatic rings. The Labute approximate surface area is 101 Å². The van der Waals surface area contributed by atoms with Crippen molar-refractivity contribution in [3.63, 3.8) is 0 Å². The number of hydrogen-bond donors (Lipinski definition) is 1. The van der Waals surface area contributed by atoms with Crippen molar-refractivity contribution in [1.29, 1.82) is 0 Å². The Morgan fingerprint density at radius 2 is 2.12 bits per heavy atom. The molecule has 0 aliphatic carbocycles. The van der Waals surface area contributed by atoms with E-state index in [-0.39, 0.29) is 11.9 Å². The molecule has 0 spiro atoms. The van der Waals surface area contributed by atoms with Crippen LogP contribution in [-0.2, 0) is 4.79 Å². The van der Waals surface area contributed by atoms with Crippen LogP contribution in [0.15, 0.2) is 30.3 Å². The molecule has 4 heteroatoms. The number of carbonyl (C=O) groups is 1. The lowest BCUT2D eigenvalue weighted by Gasteiger charge is -2.10. The summed E-state index contributed by atoms with van der Waals surface area (Å²) >= 11 is 5.58. The largest absolute Gasteiger partial charge is 0.493 e. The number of nitrogens with one attached hydrogen (secondary N) is 1. The summed E-state index contributed by atoms with van der Waals surface area (Å²) in [7, 11) is 0. The van der Waals surface area contributed by atoms with Crippen LogP contribution in [0.1, 0.15) is 13.3 Å². The summed E-state index contributed by atoms with van der Waals surface area (Å²) in [6.07, 6.45) is 0.343. The van der Waals surface area contributed by atoms with E-state index in [9.17, 15) is 4.79 Å². The molecule has 1 atom stereocenters. The van der Waals surface area contributed by atoms with Gasteiger partial charge in [-0.15, -0.1) is 11.6 Å². The minimum absolute atomic E-state index is 0.00546. The maximum absolute atomic E-state index is 11.4. The average molecular weight is 242 g/mol. The van der Waals surface area contributed by atoms with Gasteiger partial charge in [0.05, 0.1) is 13.0 Å². The number of hydrogen-bond acceptors (Lipinski definition) is 2.